The highest BCUT2D eigenvalue weighted by Gasteiger charge is 2.15. The van der Waals surface area contributed by atoms with Crippen LogP contribution < -0.4 is 5.84 Å². The van der Waals surface area contributed by atoms with Gasteiger partial charge >= 0.3 is 0 Å². The van der Waals surface area contributed by atoms with Gasteiger partial charge in [-0.15, -0.1) is 0 Å². The summed E-state index contributed by atoms with van der Waals surface area (Å²) in [6.07, 6.45) is 1.33. The molecule has 0 saturated heterocycles. The molecule has 0 spiro atoms. The lowest BCUT2D eigenvalue weighted by atomic mass is 10.2. The molecule has 0 atom stereocenters. The monoisotopic (exact) mass is 291 g/mol. The first-order valence-electron chi connectivity index (χ1n) is 5.55. The van der Waals surface area contributed by atoms with Gasteiger partial charge in [0, 0.05) is 16.5 Å². The fourth-order valence-electron chi connectivity index (χ4n) is 1.56. The predicted octanol–water partition coefficient (Wildman–Crippen LogP) is 3.18. The van der Waals surface area contributed by atoms with Gasteiger partial charge in [0.1, 0.15) is 5.82 Å². The average molecular weight is 291 g/mol. The van der Waals surface area contributed by atoms with Gasteiger partial charge in [-0.2, -0.15) is 5.10 Å². The fourth-order valence-corrected chi connectivity index (χ4v) is 2.46. The van der Waals surface area contributed by atoms with Crippen molar-refractivity contribution >= 4 is 23.7 Å². The Morgan fingerprint density at radius 2 is 1.95 bits per heavy atom. The van der Waals surface area contributed by atoms with Crippen LogP contribution >= 0.6 is 11.8 Å². The summed E-state index contributed by atoms with van der Waals surface area (Å²) in [4.78, 5) is 11.8. The Morgan fingerprint density at radius 3 is 2.55 bits per heavy atom. The zero-order valence-electron chi connectivity index (χ0n) is 10.2. The Morgan fingerprint density at radius 1 is 1.25 bits per heavy atom. The number of rotatable bonds is 4. The van der Waals surface area contributed by atoms with Crippen LogP contribution in [0.5, 0.6) is 0 Å². The molecule has 0 aliphatic rings. The zero-order chi connectivity index (χ0) is 14.5. The van der Waals surface area contributed by atoms with E-state index < -0.39 is 4.92 Å². The van der Waals surface area contributed by atoms with Gasteiger partial charge in [0.15, 0.2) is 0 Å². The quantitative estimate of drug-likeness (QED) is 0.406. The standard InChI is InChI=1S/C13H10FN3O2S/c14-10-2-4-11(5-3-10)20-13-6-1-9(8-16-15)7-12(13)17(18)19/h1-8H,15H2. The number of nitrogens with two attached hydrogens (primary N) is 1. The predicted molar refractivity (Wildman–Crippen MR) is 75.4 cm³/mol. The first-order valence-corrected chi connectivity index (χ1v) is 6.37. The fraction of sp³-hybridized carbons (Fsp3) is 0. The highest BCUT2D eigenvalue weighted by molar-refractivity contribution is 7.99. The summed E-state index contributed by atoms with van der Waals surface area (Å²) in [5.41, 5.74) is 0.499. The van der Waals surface area contributed by atoms with Crippen LogP contribution in [0.4, 0.5) is 10.1 Å². The van der Waals surface area contributed by atoms with Gasteiger partial charge in [-0.25, -0.2) is 4.39 Å². The highest BCUT2D eigenvalue weighted by atomic mass is 32.2. The molecule has 0 saturated carbocycles. The van der Waals surface area contributed by atoms with Gasteiger partial charge in [-0.05, 0) is 30.3 Å². The van der Waals surface area contributed by atoms with Gasteiger partial charge in [-0.3, -0.25) is 10.1 Å². The molecule has 5 nitrogen and oxygen atoms in total. The number of nitro benzene ring substituents is 1. The zero-order valence-corrected chi connectivity index (χ0v) is 11.0. The van der Waals surface area contributed by atoms with Crippen LogP contribution in [0.25, 0.3) is 0 Å². The van der Waals surface area contributed by atoms with E-state index >= 15 is 0 Å². The van der Waals surface area contributed by atoms with Gasteiger partial charge in [-0.1, -0.05) is 17.8 Å². The SMILES string of the molecule is NN=Cc1ccc(Sc2ccc(F)cc2)c([N+](=O)[O-])c1. The number of hydrogen-bond donors (Lipinski definition) is 1. The number of hydrogen-bond acceptors (Lipinski definition) is 5. The van der Waals surface area contributed by atoms with E-state index in [4.69, 9.17) is 5.84 Å². The lowest BCUT2D eigenvalue weighted by molar-refractivity contribution is -0.387. The number of nitro groups is 1. The molecule has 2 N–H and O–H groups in total. The van der Waals surface area contributed by atoms with Crippen LogP contribution in [0, 0.1) is 15.9 Å². The molecule has 0 aliphatic carbocycles. The molecule has 0 bridgehead atoms. The molecule has 2 aromatic rings. The second kappa shape index (κ2) is 6.16. The second-order valence-corrected chi connectivity index (χ2v) is 4.93. The molecule has 0 radical (unpaired) electrons. The van der Waals surface area contributed by atoms with E-state index in [2.05, 4.69) is 5.10 Å². The minimum atomic E-state index is -0.473. The van der Waals surface area contributed by atoms with Gasteiger partial charge in [0.2, 0.25) is 0 Å². The largest absolute Gasteiger partial charge is 0.323 e. The van der Waals surface area contributed by atoms with Gasteiger partial charge in [0.25, 0.3) is 5.69 Å². The summed E-state index contributed by atoms with van der Waals surface area (Å²) in [5.74, 6) is 4.67. The van der Waals surface area contributed by atoms with Crippen molar-refractivity contribution in [1.82, 2.24) is 0 Å². The smallest absolute Gasteiger partial charge is 0.283 e. The molecular weight excluding hydrogens is 281 g/mol. The maximum atomic E-state index is 12.8. The van der Waals surface area contributed by atoms with Crippen molar-refractivity contribution in [2.45, 2.75) is 9.79 Å². The van der Waals surface area contributed by atoms with E-state index in [1.165, 1.54) is 36.2 Å². The van der Waals surface area contributed by atoms with Crippen LogP contribution in [0.15, 0.2) is 57.4 Å². The van der Waals surface area contributed by atoms with Crippen molar-refractivity contribution < 1.29 is 9.31 Å². The number of halogens is 1. The first-order chi connectivity index (χ1) is 9.60. The van der Waals surface area contributed by atoms with Crippen LogP contribution in [0.2, 0.25) is 0 Å². The van der Waals surface area contributed by atoms with Gasteiger partial charge in [0.05, 0.1) is 16.0 Å². The summed E-state index contributed by atoms with van der Waals surface area (Å²) in [6, 6.07) is 10.4. The molecular formula is C13H10FN3O2S. The third-order valence-corrected chi connectivity index (χ3v) is 3.52. The Bertz CT molecular complexity index is 659. The molecule has 0 aromatic heterocycles. The first kappa shape index (κ1) is 14.0. The molecule has 0 fully saturated rings. The van der Waals surface area contributed by atoms with Crippen LogP contribution in [-0.4, -0.2) is 11.1 Å². The van der Waals surface area contributed by atoms with Crippen molar-refractivity contribution in [3.8, 4) is 0 Å². The maximum Gasteiger partial charge on any atom is 0.283 e. The summed E-state index contributed by atoms with van der Waals surface area (Å²) >= 11 is 1.19. The van der Waals surface area contributed by atoms with E-state index in [-0.39, 0.29) is 11.5 Å². The normalized spacial score (nSPS) is 10.8. The molecule has 0 unspecified atom stereocenters. The average Bonchev–Trinajstić information content (AvgIpc) is 2.43. The minimum absolute atomic E-state index is 0.0447. The Balaban J connectivity index is 2.35. The number of nitrogens with zero attached hydrogens (tertiary/aromatic N) is 2. The van der Waals surface area contributed by atoms with E-state index in [1.54, 1.807) is 24.3 Å². The van der Waals surface area contributed by atoms with E-state index in [9.17, 15) is 14.5 Å². The molecule has 2 aromatic carbocycles. The third kappa shape index (κ3) is 3.33. The molecule has 102 valence electrons. The molecule has 0 amide bonds. The van der Waals surface area contributed by atoms with Crippen LogP contribution in [-0.2, 0) is 0 Å². The minimum Gasteiger partial charge on any atom is -0.323 e. The highest BCUT2D eigenvalue weighted by Crippen LogP contribution is 2.35. The molecule has 0 heterocycles. The molecule has 20 heavy (non-hydrogen) atoms. The summed E-state index contributed by atoms with van der Waals surface area (Å²) in [5, 5.41) is 14.4. The molecule has 7 heteroatoms. The van der Waals surface area contributed by atoms with Crippen molar-refractivity contribution in [2.24, 2.45) is 10.9 Å². The van der Waals surface area contributed by atoms with Crippen molar-refractivity contribution in [3.05, 3.63) is 64.0 Å². The van der Waals surface area contributed by atoms with E-state index in [0.29, 0.717) is 10.5 Å². The molecule has 0 aliphatic heterocycles. The number of benzene rings is 2. The van der Waals surface area contributed by atoms with Gasteiger partial charge < -0.3 is 5.84 Å². The third-order valence-electron chi connectivity index (χ3n) is 2.44. The Kier molecular flexibility index (Phi) is 4.31. The summed E-state index contributed by atoms with van der Waals surface area (Å²) in [6.45, 7) is 0. The summed E-state index contributed by atoms with van der Waals surface area (Å²) in [7, 11) is 0. The van der Waals surface area contributed by atoms with Crippen LogP contribution in [0.1, 0.15) is 5.56 Å². The van der Waals surface area contributed by atoms with Crippen molar-refractivity contribution in [1.29, 1.82) is 0 Å². The lowest BCUT2D eigenvalue weighted by Crippen LogP contribution is -1.94. The van der Waals surface area contributed by atoms with E-state index in [0.717, 1.165) is 4.90 Å². The topological polar surface area (TPSA) is 81.5 Å². The maximum absolute atomic E-state index is 12.8. The number of hydrazone groups is 1. The lowest BCUT2D eigenvalue weighted by Gasteiger charge is -2.04. The van der Waals surface area contributed by atoms with Crippen molar-refractivity contribution in [3.63, 3.8) is 0 Å². The second-order valence-electron chi connectivity index (χ2n) is 3.82. The van der Waals surface area contributed by atoms with Crippen molar-refractivity contribution in [2.75, 3.05) is 0 Å². The molecule has 2 rings (SSSR count). The Labute approximate surface area is 118 Å². The van der Waals surface area contributed by atoms with Crippen LogP contribution in [0.3, 0.4) is 0 Å². The summed E-state index contributed by atoms with van der Waals surface area (Å²) < 4.78 is 12.8. The Hall–Kier alpha value is -2.41. The van der Waals surface area contributed by atoms with E-state index in [1.807, 2.05) is 0 Å².